The third kappa shape index (κ3) is 2.59. The lowest BCUT2D eigenvalue weighted by Crippen LogP contribution is -2.08. The molecule has 0 bridgehead atoms. The summed E-state index contributed by atoms with van der Waals surface area (Å²) in [5.41, 5.74) is 5.70. The van der Waals surface area contributed by atoms with Gasteiger partial charge in [0, 0.05) is 11.6 Å². The van der Waals surface area contributed by atoms with Crippen molar-refractivity contribution >= 4 is 11.6 Å². The third-order valence-electron chi connectivity index (χ3n) is 2.28. The first-order valence-electron chi connectivity index (χ1n) is 5.14. The first-order valence-corrected chi connectivity index (χ1v) is 5.52. The summed E-state index contributed by atoms with van der Waals surface area (Å²) in [6.45, 7) is 1.07. The molecule has 0 aliphatic carbocycles. The van der Waals surface area contributed by atoms with Crippen molar-refractivity contribution in [1.29, 1.82) is 0 Å². The van der Waals surface area contributed by atoms with Gasteiger partial charge in [0.05, 0.1) is 5.56 Å². The van der Waals surface area contributed by atoms with Gasteiger partial charge in [0.1, 0.15) is 5.82 Å². The van der Waals surface area contributed by atoms with Crippen LogP contribution in [-0.2, 0) is 6.54 Å². The fourth-order valence-corrected chi connectivity index (χ4v) is 1.63. The van der Waals surface area contributed by atoms with Gasteiger partial charge in [-0.1, -0.05) is 11.6 Å². The Hall–Kier alpha value is -1.53. The quantitative estimate of drug-likeness (QED) is 0.898. The van der Waals surface area contributed by atoms with Crippen LogP contribution in [0.5, 0.6) is 0 Å². The molecule has 0 saturated carbocycles. The van der Waals surface area contributed by atoms with Crippen LogP contribution in [0.15, 0.2) is 18.2 Å². The molecule has 17 heavy (non-hydrogen) atoms. The van der Waals surface area contributed by atoms with E-state index in [1.807, 2.05) is 0 Å². The Balaban J connectivity index is 2.38. The highest BCUT2D eigenvalue weighted by Gasteiger charge is 2.13. The predicted molar refractivity (Wildman–Crippen MR) is 61.9 cm³/mol. The minimum atomic E-state index is -0.404. The van der Waals surface area contributed by atoms with Crippen LogP contribution in [-0.4, -0.2) is 26.8 Å². The normalized spacial score (nSPS) is 10.8. The lowest BCUT2D eigenvalue weighted by atomic mass is 10.2. The van der Waals surface area contributed by atoms with E-state index in [0.717, 1.165) is 6.42 Å². The van der Waals surface area contributed by atoms with E-state index in [9.17, 15) is 4.39 Å². The highest BCUT2D eigenvalue weighted by atomic mass is 35.5. The lowest BCUT2D eigenvalue weighted by Gasteiger charge is -2.05. The van der Waals surface area contributed by atoms with Crippen LogP contribution in [0, 0.1) is 5.82 Å². The fourth-order valence-electron chi connectivity index (χ4n) is 1.46. The van der Waals surface area contributed by atoms with Gasteiger partial charge in [-0.15, -0.1) is 5.10 Å². The van der Waals surface area contributed by atoms with Gasteiger partial charge < -0.3 is 5.73 Å². The average Bonchev–Trinajstić information content (AvgIpc) is 2.77. The van der Waals surface area contributed by atoms with Crippen molar-refractivity contribution in [2.45, 2.75) is 13.0 Å². The van der Waals surface area contributed by atoms with Crippen LogP contribution in [0.2, 0.25) is 5.02 Å². The standard InChI is InChI=1S/C10H11ClFN5/c11-7-2-3-9(12)8(6-7)10-14-15-16-17(10)5-1-4-13/h2-3,6H,1,4-5,13H2. The Morgan fingerprint density at radius 1 is 1.41 bits per heavy atom. The minimum absolute atomic E-state index is 0.291. The first kappa shape index (κ1) is 11.9. The number of halogens is 2. The Morgan fingerprint density at radius 3 is 3.00 bits per heavy atom. The van der Waals surface area contributed by atoms with Crippen LogP contribution >= 0.6 is 11.6 Å². The Morgan fingerprint density at radius 2 is 2.24 bits per heavy atom. The topological polar surface area (TPSA) is 69.6 Å². The van der Waals surface area contributed by atoms with Crippen LogP contribution in [0.4, 0.5) is 4.39 Å². The summed E-state index contributed by atoms with van der Waals surface area (Å²) < 4.78 is 15.2. The number of benzene rings is 1. The van der Waals surface area contributed by atoms with Crippen LogP contribution in [0.1, 0.15) is 6.42 Å². The fraction of sp³-hybridized carbons (Fsp3) is 0.300. The summed E-state index contributed by atoms with van der Waals surface area (Å²) in [5, 5.41) is 11.6. The van der Waals surface area contributed by atoms with Gasteiger partial charge in [0.15, 0.2) is 5.82 Å². The molecule has 0 saturated heterocycles. The molecule has 0 atom stereocenters. The number of aryl methyl sites for hydroxylation is 1. The summed E-state index contributed by atoms with van der Waals surface area (Å²) >= 11 is 5.83. The van der Waals surface area contributed by atoms with Crippen molar-refractivity contribution in [3.8, 4) is 11.4 Å². The number of aromatic nitrogens is 4. The van der Waals surface area contributed by atoms with Crippen molar-refractivity contribution in [3.05, 3.63) is 29.0 Å². The molecule has 1 aromatic heterocycles. The van der Waals surface area contributed by atoms with Crippen molar-refractivity contribution < 1.29 is 4.39 Å². The second kappa shape index (κ2) is 5.20. The zero-order valence-corrected chi connectivity index (χ0v) is 9.73. The molecule has 2 N–H and O–H groups in total. The molecule has 90 valence electrons. The number of hydrogen-bond acceptors (Lipinski definition) is 4. The molecule has 1 aromatic carbocycles. The molecule has 1 heterocycles. The molecule has 5 nitrogen and oxygen atoms in total. The van der Waals surface area contributed by atoms with E-state index in [0.29, 0.717) is 29.5 Å². The van der Waals surface area contributed by atoms with Gasteiger partial charge in [-0.25, -0.2) is 9.07 Å². The van der Waals surface area contributed by atoms with Gasteiger partial charge in [-0.3, -0.25) is 0 Å². The number of nitrogens with two attached hydrogens (primary N) is 1. The second-order valence-corrected chi connectivity index (χ2v) is 3.93. The molecule has 0 amide bonds. The molecular weight excluding hydrogens is 245 g/mol. The van der Waals surface area contributed by atoms with Crippen LogP contribution in [0.3, 0.4) is 0 Å². The monoisotopic (exact) mass is 255 g/mol. The molecule has 0 unspecified atom stereocenters. The molecule has 2 aromatic rings. The Kier molecular flexibility index (Phi) is 3.65. The summed E-state index contributed by atoms with van der Waals surface area (Å²) in [6, 6.07) is 4.27. The molecule has 0 aliphatic heterocycles. The number of rotatable bonds is 4. The van der Waals surface area contributed by atoms with E-state index in [1.54, 1.807) is 0 Å². The van der Waals surface area contributed by atoms with Crippen molar-refractivity contribution in [1.82, 2.24) is 20.2 Å². The van der Waals surface area contributed by atoms with Crippen molar-refractivity contribution in [3.63, 3.8) is 0 Å². The van der Waals surface area contributed by atoms with E-state index in [4.69, 9.17) is 17.3 Å². The Labute approximate surface area is 102 Å². The van der Waals surface area contributed by atoms with E-state index >= 15 is 0 Å². The van der Waals surface area contributed by atoms with E-state index < -0.39 is 5.82 Å². The van der Waals surface area contributed by atoms with Crippen molar-refractivity contribution in [2.24, 2.45) is 5.73 Å². The number of tetrazole rings is 1. The predicted octanol–water partition coefficient (Wildman–Crippen LogP) is 1.48. The molecule has 7 heteroatoms. The smallest absolute Gasteiger partial charge is 0.185 e. The maximum Gasteiger partial charge on any atom is 0.185 e. The average molecular weight is 256 g/mol. The summed E-state index contributed by atoms with van der Waals surface area (Å²) in [4.78, 5) is 0. The third-order valence-corrected chi connectivity index (χ3v) is 2.51. The minimum Gasteiger partial charge on any atom is -0.330 e. The van der Waals surface area contributed by atoms with Gasteiger partial charge in [-0.05, 0) is 41.6 Å². The zero-order chi connectivity index (χ0) is 12.3. The molecule has 2 rings (SSSR count). The SMILES string of the molecule is NCCCn1nnnc1-c1cc(Cl)ccc1F. The molecule has 0 radical (unpaired) electrons. The summed E-state index contributed by atoms with van der Waals surface area (Å²) in [5.74, 6) is -0.0448. The first-order chi connectivity index (χ1) is 8.22. The van der Waals surface area contributed by atoms with E-state index in [1.165, 1.54) is 22.9 Å². The molecule has 0 spiro atoms. The number of nitrogens with zero attached hydrogens (tertiary/aromatic N) is 4. The van der Waals surface area contributed by atoms with Crippen molar-refractivity contribution in [2.75, 3.05) is 6.54 Å². The highest BCUT2D eigenvalue weighted by Crippen LogP contribution is 2.23. The molecule has 0 aliphatic rings. The molecular formula is C10H11ClFN5. The van der Waals surface area contributed by atoms with Gasteiger partial charge >= 0.3 is 0 Å². The lowest BCUT2D eigenvalue weighted by molar-refractivity contribution is 0.565. The summed E-state index contributed by atoms with van der Waals surface area (Å²) in [7, 11) is 0. The number of hydrogen-bond donors (Lipinski definition) is 1. The van der Waals surface area contributed by atoms with E-state index in [2.05, 4.69) is 15.5 Å². The highest BCUT2D eigenvalue weighted by molar-refractivity contribution is 6.30. The molecule has 0 fully saturated rings. The Bertz CT molecular complexity index is 513. The largest absolute Gasteiger partial charge is 0.330 e. The summed E-state index contributed by atoms with van der Waals surface area (Å²) in [6.07, 6.45) is 0.722. The van der Waals surface area contributed by atoms with Gasteiger partial charge in [0.2, 0.25) is 0 Å². The van der Waals surface area contributed by atoms with Crippen LogP contribution in [0.25, 0.3) is 11.4 Å². The van der Waals surface area contributed by atoms with Gasteiger partial charge in [0.25, 0.3) is 0 Å². The maximum absolute atomic E-state index is 13.6. The van der Waals surface area contributed by atoms with Crippen LogP contribution < -0.4 is 5.73 Å². The van der Waals surface area contributed by atoms with Gasteiger partial charge in [-0.2, -0.15) is 0 Å². The van der Waals surface area contributed by atoms with E-state index in [-0.39, 0.29) is 0 Å². The maximum atomic E-state index is 13.6. The zero-order valence-electron chi connectivity index (χ0n) is 8.98. The second-order valence-electron chi connectivity index (χ2n) is 3.49.